The molecule has 0 aliphatic carbocycles. The van der Waals surface area contributed by atoms with Crippen LogP contribution in [0.25, 0.3) is 0 Å². The van der Waals surface area contributed by atoms with Gasteiger partial charge in [0.05, 0.1) is 5.92 Å². The highest BCUT2D eigenvalue weighted by Crippen LogP contribution is 2.17. The van der Waals surface area contributed by atoms with Crippen molar-refractivity contribution in [3.05, 3.63) is 35.4 Å². The van der Waals surface area contributed by atoms with Crippen LogP contribution in [0.2, 0.25) is 0 Å². The Balaban J connectivity index is 1.98. The van der Waals surface area contributed by atoms with Crippen molar-refractivity contribution in [3.63, 3.8) is 0 Å². The van der Waals surface area contributed by atoms with Crippen molar-refractivity contribution in [2.24, 2.45) is 5.92 Å². The average molecular weight is 260 g/mol. The Morgan fingerprint density at radius 3 is 2.79 bits per heavy atom. The summed E-state index contributed by atoms with van der Waals surface area (Å²) in [4.78, 5) is 12.2. The minimum atomic E-state index is -0.203. The summed E-state index contributed by atoms with van der Waals surface area (Å²) in [6, 6.07) is 8.37. The van der Waals surface area contributed by atoms with Gasteiger partial charge in [-0.3, -0.25) is 4.79 Å². The Labute approximate surface area is 115 Å². The highest BCUT2D eigenvalue weighted by atomic mass is 16.2. The Morgan fingerprint density at radius 1 is 1.42 bits per heavy atom. The van der Waals surface area contributed by atoms with E-state index in [1.54, 1.807) is 0 Å². The van der Waals surface area contributed by atoms with E-state index in [0.29, 0.717) is 0 Å². The van der Waals surface area contributed by atoms with Crippen LogP contribution in [0.3, 0.4) is 0 Å². The molecule has 1 aromatic carbocycles. The molecule has 1 heterocycles. The molecule has 0 spiro atoms. The summed E-state index contributed by atoms with van der Waals surface area (Å²) >= 11 is 0. The lowest BCUT2D eigenvalue weighted by Crippen LogP contribution is -2.48. The lowest BCUT2D eigenvalue weighted by atomic mass is 9.91. The molecule has 0 saturated carbocycles. The van der Waals surface area contributed by atoms with E-state index >= 15 is 0 Å². The highest BCUT2D eigenvalue weighted by molar-refractivity contribution is 5.80. The van der Waals surface area contributed by atoms with Crippen molar-refractivity contribution in [3.8, 4) is 0 Å². The smallest absolute Gasteiger partial charge is 0.224 e. The summed E-state index contributed by atoms with van der Waals surface area (Å²) in [5.74, 6) is 0.319. The monoisotopic (exact) mass is 260 g/mol. The molecule has 0 radical (unpaired) electrons. The van der Waals surface area contributed by atoms with Crippen LogP contribution in [0.4, 0.5) is 0 Å². The van der Waals surface area contributed by atoms with Crippen LogP contribution in [-0.4, -0.2) is 24.5 Å². The van der Waals surface area contributed by atoms with Crippen LogP contribution >= 0.6 is 0 Å². The summed E-state index contributed by atoms with van der Waals surface area (Å²) in [7, 11) is 0. The van der Waals surface area contributed by atoms with E-state index in [1.807, 2.05) is 0 Å². The van der Waals surface area contributed by atoms with Crippen molar-refractivity contribution in [1.82, 2.24) is 10.6 Å². The van der Waals surface area contributed by atoms with Crippen molar-refractivity contribution >= 4 is 5.91 Å². The van der Waals surface area contributed by atoms with E-state index in [4.69, 9.17) is 0 Å². The van der Waals surface area contributed by atoms with Gasteiger partial charge in [0.1, 0.15) is 0 Å². The van der Waals surface area contributed by atoms with Gasteiger partial charge in [0.25, 0.3) is 0 Å². The third kappa shape index (κ3) is 3.80. The van der Waals surface area contributed by atoms with E-state index in [9.17, 15) is 4.79 Å². The first-order valence-corrected chi connectivity index (χ1v) is 7.05. The molecule has 3 nitrogen and oxygen atoms in total. The van der Waals surface area contributed by atoms with Crippen molar-refractivity contribution < 1.29 is 4.79 Å². The van der Waals surface area contributed by atoms with Gasteiger partial charge < -0.3 is 10.6 Å². The Morgan fingerprint density at radius 2 is 2.16 bits per heavy atom. The molecule has 1 amide bonds. The maximum atomic E-state index is 12.2. The molecular formula is C16H24N2O. The van der Waals surface area contributed by atoms with Crippen LogP contribution in [0.1, 0.15) is 31.4 Å². The molecule has 1 fully saturated rings. The fraction of sp³-hybridized carbons (Fsp3) is 0.562. The zero-order valence-electron chi connectivity index (χ0n) is 12.1. The number of aryl methyl sites for hydroxylation is 1. The molecule has 1 aromatic rings. The minimum absolute atomic E-state index is 0.135. The molecule has 1 atom stereocenters. The second kappa shape index (κ2) is 5.74. The van der Waals surface area contributed by atoms with Gasteiger partial charge >= 0.3 is 0 Å². The van der Waals surface area contributed by atoms with E-state index in [0.717, 1.165) is 25.9 Å². The van der Waals surface area contributed by atoms with Crippen LogP contribution < -0.4 is 10.6 Å². The maximum Gasteiger partial charge on any atom is 0.224 e. The largest absolute Gasteiger partial charge is 0.351 e. The van der Waals surface area contributed by atoms with Gasteiger partial charge in [-0.2, -0.15) is 0 Å². The molecular weight excluding hydrogens is 236 g/mol. The topological polar surface area (TPSA) is 41.1 Å². The second-order valence-electron chi connectivity index (χ2n) is 6.17. The quantitative estimate of drug-likeness (QED) is 0.870. The summed E-state index contributed by atoms with van der Waals surface area (Å²) in [6.45, 7) is 8.08. The summed E-state index contributed by atoms with van der Waals surface area (Å²) in [6.07, 6.45) is 1.82. The number of benzene rings is 1. The lowest BCUT2D eigenvalue weighted by Gasteiger charge is -2.28. The third-order valence-corrected chi connectivity index (χ3v) is 3.79. The predicted molar refractivity (Wildman–Crippen MR) is 78.1 cm³/mol. The lowest BCUT2D eigenvalue weighted by molar-refractivity contribution is -0.126. The molecule has 0 aromatic heterocycles. The molecule has 3 heteroatoms. The van der Waals surface area contributed by atoms with E-state index in [1.165, 1.54) is 11.1 Å². The molecule has 19 heavy (non-hydrogen) atoms. The zero-order valence-corrected chi connectivity index (χ0v) is 12.1. The standard InChI is InChI=1S/C16H24N2O/c1-12-6-4-5-7-13(12)10-16(2,3)18-15(19)14-8-9-17-11-14/h4-7,14,17H,8-11H2,1-3H3,(H,18,19). The molecule has 1 aliphatic rings. The number of nitrogens with one attached hydrogen (secondary N) is 2. The SMILES string of the molecule is Cc1ccccc1CC(C)(C)NC(=O)C1CCNC1. The minimum Gasteiger partial charge on any atom is -0.351 e. The first-order valence-electron chi connectivity index (χ1n) is 7.05. The predicted octanol–water partition coefficient (Wildman–Crippen LogP) is 2.04. The van der Waals surface area contributed by atoms with E-state index in [-0.39, 0.29) is 17.4 Å². The second-order valence-corrected chi connectivity index (χ2v) is 6.17. The Hall–Kier alpha value is -1.35. The number of hydrogen-bond donors (Lipinski definition) is 2. The van der Waals surface area contributed by atoms with Gasteiger partial charge in [0.15, 0.2) is 0 Å². The highest BCUT2D eigenvalue weighted by Gasteiger charge is 2.28. The Kier molecular flexibility index (Phi) is 4.25. The van der Waals surface area contributed by atoms with E-state index < -0.39 is 0 Å². The maximum absolute atomic E-state index is 12.2. The van der Waals surface area contributed by atoms with Crippen LogP contribution in [0.5, 0.6) is 0 Å². The van der Waals surface area contributed by atoms with Gasteiger partial charge in [-0.25, -0.2) is 0 Å². The molecule has 1 unspecified atom stereocenters. The molecule has 104 valence electrons. The Bertz CT molecular complexity index is 448. The summed E-state index contributed by atoms with van der Waals surface area (Å²) in [5, 5.41) is 6.43. The fourth-order valence-electron chi connectivity index (χ4n) is 2.64. The van der Waals surface area contributed by atoms with Gasteiger partial charge in [-0.05, 0) is 51.3 Å². The van der Waals surface area contributed by atoms with Crippen molar-refractivity contribution in [2.45, 2.75) is 39.2 Å². The molecule has 1 aliphatic heterocycles. The number of carbonyl (C=O) groups is 1. The fourth-order valence-corrected chi connectivity index (χ4v) is 2.64. The summed E-state index contributed by atoms with van der Waals surface area (Å²) in [5.41, 5.74) is 2.39. The van der Waals surface area contributed by atoms with Crippen molar-refractivity contribution in [1.29, 1.82) is 0 Å². The number of carbonyl (C=O) groups excluding carboxylic acids is 1. The molecule has 0 bridgehead atoms. The molecule has 1 saturated heterocycles. The van der Waals surface area contributed by atoms with Gasteiger partial charge in [0.2, 0.25) is 5.91 Å². The molecule has 2 rings (SSSR count). The van der Waals surface area contributed by atoms with Gasteiger partial charge in [-0.15, -0.1) is 0 Å². The average Bonchev–Trinajstić information content (AvgIpc) is 2.85. The van der Waals surface area contributed by atoms with Crippen LogP contribution in [0.15, 0.2) is 24.3 Å². The summed E-state index contributed by atoms with van der Waals surface area (Å²) < 4.78 is 0. The zero-order chi connectivity index (χ0) is 13.9. The van der Waals surface area contributed by atoms with Crippen molar-refractivity contribution in [2.75, 3.05) is 13.1 Å². The van der Waals surface area contributed by atoms with Gasteiger partial charge in [-0.1, -0.05) is 24.3 Å². The number of hydrogen-bond acceptors (Lipinski definition) is 2. The number of amides is 1. The first-order chi connectivity index (χ1) is 8.98. The first kappa shape index (κ1) is 14.1. The van der Waals surface area contributed by atoms with Gasteiger partial charge in [0, 0.05) is 12.1 Å². The third-order valence-electron chi connectivity index (χ3n) is 3.79. The van der Waals surface area contributed by atoms with E-state index in [2.05, 4.69) is 55.7 Å². The normalized spacial score (nSPS) is 19.4. The molecule has 2 N–H and O–H groups in total. The van der Waals surface area contributed by atoms with Crippen LogP contribution in [0, 0.1) is 12.8 Å². The number of rotatable bonds is 4. The van der Waals surface area contributed by atoms with Crippen LogP contribution in [-0.2, 0) is 11.2 Å².